The zero-order valence-electron chi connectivity index (χ0n) is 10.4. The Morgan fingerprint density at radius 2 is 1.90 bits per heavy atom. The minimum absolute atomic E-state index is 0.0443. The van der Waals surface area contributed by atoms with Gasteiger partial charge in [0.15, 0.2) is 11.5 Å². The summed E-state index contributed by atoms with van der Waals surface area (Å²) in [5.41, 5.74) is 1.20. The molecule has 2 aromatic carbocycles. The van der Waals surface area contributed by atoms with Crippen LogP contribution < -0.4 is 14.8 Å². The Hall–Kier alpha value is -2.52. The van der Waals surface area contributed by atoms with Crippen molar-refractivity contribution in [1.82, 2.24) is 0 Å². The number of halogens is 3. The van der Waals surface area contributed by atoms with Crippen LogP contribution in [0.15, 0.2) is 36.4 Å². The van der Waals surface area contributed by atoms with E-state index in [-0.39, 0.29) is 17.1 Å². The molecule has 7 heteroatoms. The van der Waals surface area contributed by atoms with Gasteiger partial charge in [-0.1, -0.05) is 17.7 Å². The van der Waals surface area contributed by atoms with Crippen LogP contribution in [-0.2, 0) is 0 Å². The summed E-state index contributed by atoms with van der Waals surface area (Å²) < 4.78 is 34.6. The van der Waals surface area contributed by atoms with Crippen LogP contribution >= 0.6 is 11.6 Å². The standard InChI is InChI=1S/C14H7ClF2N2O2/c15-10-2-1-3-11(9(10)7-18)19-8-4-5-12-13(6-8)21-14(16,17)20-12/h1-6,19H. The van der Waals surface area contributed by atoms with Crippen LogP contribution in [0.4, 0.5) is 20.2 Å². The molecule has 0 saturated heterocycles. The van der Waals surface area contributed by atoms with Crippen LogP contribution in [0.2, 0.25) is 5.02 Å². The topological polar surface area (TPSA) is 54.3 Å². The van der Waals surface area contributed by atoms with Gasteiger partial charge in [0.25, 0.3) is 0 Å². The van der Waals surface area contributed by atoms with Crippen LogP contribution in [0.5, 0.6) is 11.5 Å². The van der Waals surface area contributed by atoms with Crippen LogP contribution in [-0.4, -0.2) is 6.29 Å². The third kappa shape index (κ3) is 2.56. The van der Waals surface area contributed by atoms with Crippen LogP contribution in [0.25, 0.3) is 0 Å². The van der Waals surface area contributed by atoms with E-state index in [1.807, 2.05) is 6.07 Å². The van der Waals surface area contributed by atoms with E-state index in [4.69, 9.17) is 16.9 Å². The van der Waals surface area contributed by atoms with Gasteiger partial charge >= 0.3 is 6.29 Å². The third-order valence-corrected chi connectivity index (χ3v) is 3.12. The van der Waals surface area contributed by atoms with Crippen molar-refractivity contribution in [2.75, 3.05) is 5.32 Å². The fraction of sp³-hybridized carbons (Fsp3) is 0.0714. The quantitative estimate of drug-likeness (QED) is 0.900. The third-order valence-electron chi connectivity index (χ3n) is 2.81. The van der Waals surface area contributed by atoms with Gasteiger partial charge in [0.1, 0.15) is 6.07 Å². The highest BCUT2D eigenvalue weighted by atomic mass is 35.5. The Morgan fingerprint density at radius 3 is 2.67 bits per heavy atom. The number of rotatable bonds is 2. The summed E-state index contributed by atoms with van der Waals surface area (Å²) in [7, 11) is 0. The number of fused-ring (bicyclic) bond motifs is 1. The minimum atomic E-state index is -3.66. The summed E-state index contributed by atoms with van der Waals surface area (Å²) in [4.78, 5) is 0. The van der Waals surface area contributed by atoms with E-state index in [9.17, 15) is 8.78 Å². The zero-order valence-corrected chi connectivity index (χ0v) is 11.1. The molecular formula is C14H7ClF2N2O2. The molecule has 1 N–H and O–H groups in total. The van der Waals surface area contributed by atoms with Crippen molar-refractivity contribution in [1.29, 1.82) is 5.26 Å². The largest absolute Gasteiger partial charge is 0.586 e. The number of ether oxygens (including phenoxy) is 2. The number of nitrogens with one attached hydrogen (secondary N) is 1. The van der Waals surface area contributed by atoms with E-state index in [2.05, 4.69) is 14.8 Å². The molecule has 0 atom stereocenters. The van der Waals surface area contributed by atoms with Gasteiger partial charge in [-0.25, -0.2) is 0 Å². The number of hydrogen-bond donors (Lipinski definition) is 1. The second-order valence-electron chi connectivity index (χ2n) is 4.23. The Morgan fingerprint density at radius 1 is 1.14 bits per heavy atom. The molecule has 3 rings (SSSR count). The molecule has 0 aliphatic carbocycles. The predicted octanol–water partition coefficient (Wildman–Crippen LogP) is 4.28. The molecular weight excluding hydrogens is 302 g/mol. The van der Waals surface area contributed by atoms with Crippen molar-refractivity contribution < 1.29 is 18.3 Å². The molecule has 0 amide bonds. The maximum atomic E-state index is 12.9. The summed E-state index contributed by atoms with van der Waals surface area (Å²) in [5, 5.41) is 12.3. The number of hydrogen-bond acceptors (Lipinski definition) is 4. The van der Waals surface area contributed by atoms with Crippen molar-refractivity contribution >= 4 is 23.0 Å². The summed E-state index contributed by atoms with van der Waals surface area (Å²) >= 11 is 5.92. The van der Waals surface area contributed by atoms with Crippen LogP contribution in [0.1, 0.15) is 5.56 Å². The lowest BCUT2D eigenvalue weighted by Gasteiger charge is -2.09. The van der Waals surface area contributed by atoms with Gasteiger partial charge in [-0.2, -0.15) is 5.26 Å². The van der Waals surface area contributed by atoms with E-state index in [0.29, 0.717) is 16.4 Å². The first-order valence-electron chi connectivity index (χ1n) is 5.84. The normalized spacial score (nSPS) is 14.6. The van der Waals surface area contributed by atoms with Gasteiger partial charge < -0.3 is 14.8 Å². The number of nitrogens with zero attached hydrogens (tertiary/aromatic N) is 1. The zero-order chi connectivity index (χ0) is 15.0. The highest BCUT2D eigenvalue weighted by Crippen LogP contribution is 2.42. The summed E-state index contributed by atoms with van der Waals surface area (Å²) in [5.74, 6) is -0.123. The molecule has 1 aliphatic rings. The molecule has 1 heterocycles. The number of anilines is 2. The average molecular weight is 309 g/mol. The van der Waals surface area contributed by atoms with Crippen molar-refractivity contribution in [2.24, 2.45) is 0 Å². The Balaban J connectivity index is 1.92. The van der Waals surface area contributed by atoms with Crippen molar-refractivity contribution in [3.05, 3.63) is 47.0 Å². The lowest BCUT2D eigenvalue weighted by Crippen LogP contribution is -2.25. The van der Waals surface area contributed by atoms with E-state index in [1.165, 1.54) is 18.2 Å². The van der Waals surface area contributed by atoms with Gasteiger partial charge in [-0.3, -0.25) is 0 Å². The van der Waals surface area contributed by atoms with Gasteiger partial charge in [-0.15, -0.1) is 8.78 Å². The molecule has 2 aromatic rings. The SMILES string of the molecule is N#Cc1c(Cl)cccc1Nc1ccc2c(c1)OC(F)(F)O2. The first-order valence-corrected chi connectivity index (χ1v) is 6.22. The van der Waals surface area contributed by atoms with E-state index in [1.54, 1.807) is 18.2 Å². The summed E-state index contributed by atoms with van der Waals surface area (Å²) in [6, 6.07) is 11.1. The molecule has 4 nitrogen and oxygen atoms in total. The van der Waals surface area contributed by atoms with Crippen molar-refractivity contribution in [3.63, 3.8) is 0 Å². The minimum Gasteiger partial charge on any atom is -0.395 e. The van der Waals surface area contributed by atoms with E-state index >= 15 is 0 Å². The monoisotopic (exact) mass is 308 g/mol. The van der Waals surface area contributed by atoms with Gasteiger partial charge in [0.05, 0.1) is 16.3 Å². The molecule has 0 unspecified atom stereocenters. The Kier molecular flexibility index (Phi) is 3.07. The number of benzene rings is 2. The van der Waals surface area contributed by atoms with Crippen LogP contribution in [0.3, 0.4) is 0 Å². The first kappa shape index (κ1) is 13.5. The molecule has 0 bridgehead atoms. The van der Waals surface area contributed by atoms with Gasteiger partial charge in [0, 0.05) is 11.8 Å². The first-order chi connectivity index (χ1) is 9.98. The van der Waals surface area contributed by atoms with E-state index < -0.39 is 6.29 Å². The summed E-state index contributed by atoms with van der Waals surface area (Å²) in [6.07, 6.45) is -3.66. The van der Waals surface area contributed by atoms with Crippen LogP contribution in [0, 0.1) is 11.3 Å². The smallest absolute Gasteiger partial charge is 0.395 e. The molecule has 0 fully saturated rings. The number of alkyl halides is 2. The second-order valence-corrected chi connectivity index (χ2v) is 4.64. The van der Waals surface area contributed by atoms with Gasteiger partial charge in [0.2, 0.25) is 0 Å². The highest BCUT2D eigenvalue weighted by molar-refractivity contribution is 6.32. The predicted molar refractivity (Wildman–Crippen MR) is 72.1 cm³/mol. The average Bonchev–Trinajstić information content (AvgIpc) is 2.72. The Labute approximate surface area is 123 Å². The molecule has 0 spiro atoms. The molecule has 0 radical (unpaired) electrons. The second kappa shape index (κ2) is 4.79. The maximum Gasteiger partial charge on any atom is 0.586 e. The highest BCUT2D eigenvalue weighted by Gasteiger charge is 2.43. The lowest BCUT2D eigenvalue weighted by atomic mass is 10.2. The number of nitriles is 1. The molecule has 1 aliphatic heterocycles. The van der Waals surface area contributed by atoms with Crippen molar-refractivity contribution in [2.45, 2.75) is 6.29 Å². The molecule has 0 aromatic heterocycles. The lowest BCUT2D eigenvalue weighted by molar-refractivity contribution is -0.286. The Bertz CT molecular complexity index is 759. The van der Waals surface area contributed by atoms with E-state index in [0.717, 1.165) is 0 Å². The molecule has 106 valence electrons. The van der Waals surface area contributed by atoms with Crippen molar-refractivity contribution in [3.8, 4) is 17.6 Å². The fourth-order valence-corrected chi connectivity index (χ4v) is 2.14. The molecule has 0 saturated carbocycles. The fourth-order valence-electron chi connectivity index (χ4n) is 1.92. The molecule has 21 heavy (non-hydrogen) atoms. The van der Waals surface area contributed by atoms with Gasteiger partial charge in [-0.05, 0) is 24.3 Å². The maximum absolute atomic E-state index is 12.9. The summed E-state index contributed by atoms with van der Waals surface area (Å²) in [6.45, 7) is 0.